The van der Waals surface area contributed by atoms with Crippen molar-refractivity contribution >= 4 is 11.2 Å². The van der Waals surface area contributed by atoms with Crippen LogP contribution in [0.2, 0.25) is 0 Å². The monoisotopic (exact) mass is 273 g/mol. The number of nitrogens with zero attached hydrogens (tertiary/aromatic N) is 2. The van der Waals surface area contributed by atoms with Crippen LogP contribution in [-0.2, 0) is 6.61 Å². The number of ether oxygens (including phenoxy) is 2. The van der Waals surface area contributed by atoms with Gasteiger partial charge in [-0.05, 0) is 12.1 Å². The van der Waals surface area contributed by atoms with Crippen LogP contribution in [0.1, 0.15) is 5.82 Å². The number of fused-ring (bicyclic) bond motifs is 1. The molecule has 0 unspecified atom stereocenters. The third kappa shape index (κ3) is 2.54. The van der Waals surface area contributed by atoms with Gasteiger partial charge in [0.1, 0.15) is 29.7 Å². The number of hydrogen-bond donors (Lipinski definition) is 1. The number of hydrogen-bond acceptors (Lipinski definition) is 4. The van der Waals surface area contributed by atoms with Crippen molar-refractivity contribution < 1.29 is 13.9 Å². The standard InChI is InChI=1S/C14H12FN3O2/c1-19-10-3-2-4-11(6-10)20-8-13-17-12-5-9(15)7-16-14(12)18-13/h2-7H,8H2,1H3,(H,16,17,18). The molecule has 6 heteroatoms. The largest absolute Gasteiger partial charge is 0.497 e. The third-order valence-electron chi connectivity index (χ3n) is 2.77. The van der Waals surface area contributed by atoms with E-state index in [9.17, 15) is 4.39 Å². The van der Waals surface area contributed by atoms with Gasteiger partial charge in [0.15, 0.2) is 5.65 Å². The number of aromatic amines is 1. The first-order chi connectivity index (χ1) is 9.74. The third-order valence-corrected chi connectivity index (χ3v) is 2.77. The smallest absolute Gasteiger partial charge is 0.178 e. The average Bonchev–Trinajstić information content (AvgIpc) is 2.87. The van der Waals surface area contributed by atoms with Gasteiger partial charge in [0.2, 0.25) is 0 Å². The van der Waals surface area contributed by atoms with E-state index in [1.54, 1.807) is 13.2 Å². The lowest BCUT2D eigenvalue weighted by Gasteiger charge is -2.05. The Morgan fingerprint density at radius 2 is 2.10 bits per heavy atom. The molecule has 5 nitrogen and oxygen atoms in total. The number of imidazole rings is 1. The molecule has 2 aromatic heterocycles. The second-order valence-electron chi connectivity index (χ2n) is 4.18. The quantitative estimate of drug-likeness (QED) is 0.794. The highest BCUT2D eigenvalue weighted by atomic mass is 19.1. The Morgan fingerprint density at radius 3 is 2.95 bits per heavy atom. The summed E-state index contributed by atoms with van der Waals surface area (Å²) in [6.45, 7) is 0.241. The molecule has 3 rings (SSSR count). The van der Waals surface area contributed by atoms with E-state index in [1.165, 1.54) is 6.07 Å². The number of aromatic nitrogens is 3. The zero-order chi connectivity index (χ0) is 13.9. The fraction of sp³-hybridized carbons (Fsp3) is 0.143. The molecule has 0 aliphatic heterocycles. The SMILES string of the molecule is COc1cccc(OCc2nc3ncc(F)cc3[nH]2)c1. The maximum Gasteiger partial charge on any atom is 0.178 e. The summed E-state index contributed by atoms with van der Waals surface area (Å²) < 4.78 is 23.7. The fourth-order valence-electron chi connectivity index (χ4n) is 1.84. The van der Waals surface area contributed by atoms with Crippen LogP contribution in [0.5, 0.6) is 11.5 Å². The van der Waals surface area contributed by atoms with Crippen molar-refractivity contribution in [1.29, 1.82) is 0 Å². The predicted octanol–water partition coefficient (Wildman–Crippen LogP) is 2.68. The Bertz CT molecular complexity index is 742. The Morgan fingerprint density at radius 1 is 1.25 bits per heavy atom. The Balaban J connectivity index is 1.76. The van der Waals surface area contributed by atoms with Crippen molar-refractivity contribution in [1.82, 2.24) is 15.0 Å². The zero-order valence-corrected chi connectivity index (χ0v) is 10.8. The summed E-state index contributed by atoms with van der Waals surface area (Å²) >= 11 is 0. The van der Waals surface area contributed by atoms with E-state index >= 15 is 0 Å². The van der Waals surface area contributed by atoms with Crippen molar-refractivity contribution in [3.8, 4) is 11.5 Å². The Kier molecular flexibility index (Phi) is 3.20. The van der Waals surface area contributed by atoms with Crippen molar-refractivity contribution in [3.05, 3.63) is 48.2 Å². The van der Waals surface area contributed by atoms with Crippen LogP contribution in [0, 0.1) is 5.82 Å². The van der Waals surface area contributed by atoms with Crippen LogP contribution in [0.4, 0.5) is 4.39 Å². The van der Waals surface area contributed by atoms with Crippen molar-refractivity contribution in [2.45, 2.75) is 6.61 Å². The lowest BCUT2D eigenvalue weighted by molar-refractivity contribution is 0.295. The van der Waals surface area contributed by atoms with E-state index in [4.69, 9.17) is 9.47 Å². The van der Waals surface area contributed by atoms with Gasteiger partial charge in [0, 0.05) is 12.1 Å². The molecule has 3 aromatic rings. The van der Waals surface area contributed by atoms with Gasteiger partial charge in [-0.15, -0.1) is 0 Å². The molecule has 0 saturated carbocycles. The topological polar surface area (TPSA) is 60.0 Å². The van der Waals surface area contributed by atoms with E-state index in [0.717, 1.165) is 11.9 Å². The van der Waals surface area contributed by atoms with Crippen LogP contribution in [-0.4, -0.2) is 22.1 Å². The van der Waals surface area contributed by atoms with E-state index in [1.807, 2.05) is 18.2 Å². The fourth-order valence-corrected chi connectivity index (χ4v) is 1.84. The number of halogens is 1. The summed E-state index contributed by atoms with van der Waals surface area (Å²) in [4.78, 5) is 11.1. The normalized spacial score (nSPS) is 10.7. The molecule has 1 N–H and O–H groups in total. The molecular weight excluding hydrogens is 261 g/mol. The summed E-state index contributed by atoms with van der Waals surface area (Å²) in [6, 6.07) is 8.62. The maximum atomic E-state index is 13.0. The summed E-state index contributed by atoms with van der Waals surface area (Å²) in [5.74, 6) is 1.57. The molecule has 0 bridgehead atoms. The highest BCUT2D eigenvalue weighted by Gasteiger charge is 2.06. The molecule has 0 aliphatic carbocycles. The molecule has 0 aliphatic rings. The number of pyridine rings is 1. The second kappa shape index (κ2) is 5.16. The van der Waals surface area contributed by atoms with Gasteiger partial charge >= 0.3 is 0 Å². The van der Waals surface area contributed by atoms with E-state index in [-0.39, 0.29) is 6.61 Å². The lowest BCUT2D eigenvalue weighted by Crippen LogP contribution is -1.97. The first-order valence-electron chi connectivity index (χ1n) is 6.01. The number of benzene rings is 1. The van der Waals surface area contributed by atoms with Gasteiger partial charge in [-0.1, -0.05) is 6.07 Å². The minimum absolute atomic E-state index is 0.241. The summed E-state index contributed by atoms with van der Waals surface area (Å²) in [7, 11) is 1.60. The molecule has 0 fully saturated rings. The molecule has 0 saturated heterocycles. The van der Waals surface area contributed by atoms with Crippen LogP contribution in [0.3, 0.4) is 0 Å². The Labute approximate surface area is 114 Å². The highest BCUT2D eigenvalue weighted by molar-refractivity contribution is 5.70. The number of rotatable bonds is 4. The highest BCUT2D eigenvalue weighted by Crippen LogP contribution is 2.20. The van der Waals surface area contributed by atoms with Gasteiger partial charge in [-0.3, -0.25) is 0 Å². The van der Waals surface area contributed by atoms with E-state index < -0.39 is 5.82 Å². The van der Waals surface area contributed by atoms with Crippen LogP contribution in [0.15, 0.2) is 36.5 Å². The molecule has 0 spiro atoms. The molecule has 2 heterocycles. The number of methoxy groups -OCH3 is 1. The molecule has 102 valence electrons. The molecule has 0 atom stereocenters. The lowest BCUT2D eigenvalue weighted by atomic mass is 10.3. The number of nitrogens with one attached hydrogen (secondary N) is 1. The second-order valence-corrected chi connectivity index (χ2v) is 4.18. The summed E-state index contributed by atoms with van der Waals surface area (Å²) in [6.07, 6.45) is 1.13. The van der Waals surface area contributed by atoms with Gasteiger partial charge in [-0.25, -0.2) is 14.4 Å². The number of H-pyrrole nitrogens is 1. The molecular formula is C14H12FN3O2. The zero-order valence-electron chi connectivity index (χ0n) is 10.8. The average molecular weight is 273 g/mol. The maximum absolute atomic E-state index is 13.0. The molecule has 20 heavy (non-hydrogen) atoms. The molecule has 1 aromatic carbocycles. The summed E-state index contributed by atoms with van der Waals surface area (Å²) in [5, 5.41) is 0. The van der Waals surface area contributed by atoms with Crippen molar-refractivity contribution in [2.24, 2.45) is 0 Å². The minimum atomic E-state index is -0.401. The Hall–Kier alpha value is -2.63. The van der Waals surface area contributed by atoms with Crippen LogP contribution < -0.4 is 9.47 Å². The van der Waals surface area contributed by atoms with Gasteiger partial charge in [0.25, 0.3) is 0 Å². The first kappa shape index (κ1) is 12.4. The minimum Gasteiger partial charge on any atom is -0.497 e. The van der Waals surface area contributed by atoms with Gasteiger partial charge in [0.05, 0.1) is 18.8 Å². The predicted molar refractivity (Wildman–Crippen MR) is 71.2 cm³/mol. The molecule has 0 amide bonds. The van der Waals surface area contributed by atoms with Gasteiger partial charge in [-0.2, -0.15) is 0 Å². The van der Waals surface area contributed by atoms with Crippen LogP contribution in [0.25, 0.3) is 11.2 Å². The first-order valence-corrected chi connectivity index (χ1v) is 6.01. The summed E-state index contributed by atoms with van der Waals surface area (Å²) in [5.41, 5.74) is 1.02. The van der Waals surface area contributed by atoms with Crippen LogP contribution >= 0.6 is 0 Å². The van der Waals surface area contributed by atoms with Crippen molar-refractivity contribution in [3.63, 3.8) is 0 Å². The van der Waals surface area contributed by atoms with E-state index in [0.29, 0.717) is 22.7 Å². The molecule has 0 radical (unpaired) electrons. The van der Waals surface area contributed by atoms with Gasteiger partial charge < -0.3 is 14.5 Å². The van der Waals surface area contributed by atoms with Crippen molar-refractivity contribution in [2.75, 3.05) is 7.11 Å². The van der Waals surface area contributed by atoms with E-state index in [2.05, 4.69) is 15.0 Å².